The van der Waals surface area contributed by atoms with E-state index in [-0.39, 0.29) is 24.2 Å². The molecule has 1 heterocycles. The Morgan fingerprint density at radius 1 is 1.32 bits per heavy atom. The van der Waals surface area contributed by atoms with Gasteiger partial charge in [0.05, 0.1) is 29.2 Å². The lowest BCUT2D eigenvalue weighted by atomic mass is 10.1. The number of amides is 2. The minimum absolute atomic E-state index is 0.144. The van der Waals surface area contributed by atoms with Gasteiger partial charge in [-0.25, -0.2) is 3.93 Å². The van der Waals surface area contributed by atoms with Gasteiger partial charge in [-0.05, 0) is 18.6 Å². The molecule has 0 unspecified atom stereocenters. The summed E-state index contributed by atoms with van der Waals surface area (Å²) in [7, 11) is 0. The average molecular weight is 370 g/mol. The van der Waals surface area contributed by atoms with Crippen molar-refractivity contribution >= 4 is 40.2 Å². The number of rotatable bonds is 4. The first-order valence-electron chi connectivity index (χ1n) is 6.69. The Morgan fingerprint density at radius 2 is 1.95 bits per heavy atom. The van der Waals surface area contributed by atoms with Crippen molar-refractivity contribution in [2.45, 2.75) is 26.2 Å². The maximum Gasteiger partial charge on any atom is 0.310 e. The second-order valence-corrected chi connectivity index (χ2v) is 5.12. The number of imide groups is 1. The van der Waals surface area contributed by atoms with Gasteiger partial charge in [0.25, 0.3) is 0 Å². The summed E-state index contributed by atoms with van der Waals surface area (Å²) in [5.74, 6) is -0.555. The SMILES string of the molecule is CCOC(=O)Cc1cccc(C=O)c1.O=C1CCC(=O)N1Br. The van der Waals surface area contributed by atoms with Crippen molar-refractivity contribution < 1.29 is 23.9 Å². The van der Waals surface area contributed by atoms with Gasteiger partial charge in [-0.3, -0.25) is 19.2 Å². The Balaban J connectivity index is 0.000000255. The highest BCUT2D eigenvalue weighted by Crippen LogP contribution is 2.14. The van der Waals surface area contributed by atoms with Crippen LogP contribution in [0.4, 0.5) is 0 Å². The third-order valence-corrected chi connectivity index (χ3v) is 3.52. The van der Waals surface area contributed by atoms with E-state index in [1.807, 2.05) is 0 Å². The fraction of sp³-hybridized carbons (Fsp3) is 0.333. The molecule has 7 heteroatoms. The summed E-state index contributed by atoms with van der Waals surface area (Å²) in [6.45, 7) is 2.14. The Hall–Kier alpha value is -2.02. The number of nitrogens with zero attached hydrogens (tertiary/aromatic N) is 1. The third kappa shape index (κ3) is 5.77. The van der Waals surface area contributed by atoms with Gasteiger partial charge in [-0.2, -0.15) is 0 Å². The molecule has 0 saturated carbocycles. The van der Waals surface area contributed by atoms with Crippen LogP contribution in [0.5, 0.6) is 0 Å². The number of halogens is 1. The van der Waals surface area contributed by atoms with Crippen LogP contribution in [0.3, 0.4) is 0 Å². The molecule has 0 aromatic heterocycles. The summed E-state index contributed by atoms with van der Waals surface area (Å²) in [6.07, 6.45) is 1.68. The van der Waals surface area contributed by atoms with Gasteiger partial charge >= 0.3 is 5.97 Å². The molecule has 2 rings (SSSR count). The van der Waals surface area contributed by atoms with Crippen LogP contribution >= 0.6 is 16.1 Å². The minimum atomic E-state index is -0.268. The number of hydrogen-bond donors (Lipinski definition) is 0. The smallest absolute Gasteiger partial charge is 0.310 e. The molecule has 0 radical (unpaired) electrons. The quantitative estimate of drug-likeness (QED) is 0.351. The summed E-state index contributed by atoms with van der Waals surface area (Å²) in [6, 6.07) is 6.92. The third-order valence-electron chi connectivity index (χ3n) is 2.73. The molecule has 1 aliphatic rings. The molecule has 0 N–H and O–H groups in total. The number of benzene rings is 1. The number of aldehydes is 1. The normalized spacial score (nSPS) is 13.5. The van der Waals surface area contributed by atoms with E-state index >= 15 is 0 Å². The summed E-state index contributed by atoms with van der Waals surface area (Å²) in [4.78, 5) is 42.4. The summed E-state index contributed by atoms with van der Waals surface area (Å²) in [5.41, 5.74) is 1.37. The molecule has 118 valence electrons. The molecule has 1 fully saturated rings. The lowest BCUT2D eigenvalue weighted by molar-refractivity contribution is -0.142. The van der Waals surface area contributed by atoms with E-state index in [0.717, 1.165) is 15.8 Å². The van der Waals surface area contributed by atoms with Crippen molar-refractivity contribution in [2.24, 2.45) is 0 Å². The van der Waals surface area contributed by atoms with Crippen LogP contribution in [0.15, 0.2) is 24.3 Å². The molecule has 0 bridgehead atoms. The minimum Gasteiger partial charge on any atom is -0.466 e. The zero-order chi connectivity index (χ0) is 16.5. The number of esters is 1. The lowest BCUT2D eigenvalue weighted by Crippen LogP contribution is -2.16. The van der Waals surface area contributed by atoms with Crippen LogP contribution in [0.2, 0.25) is 0 Å². The maximum atomic E-state index is 11.1. The van der Waals surface area contributed by atoms with Gasteiger partial charge < -0.3 is 4.74 Å². The maximum absolute atomic E-state index is 11.1. The number of carbonyl (C=O) groups is 4. The molecule has 1 aliphatic heterocycles. The van der Waals surface area contributed by atoms with Crippen LogP contribution in [0, 0.1) is 0 Å². The van der Waals surface area contributed by atoms with Crippen molar-refractivity contribution in [1.82, 2.24) is 3.93 Å². The van der Waals surface area contributed by atoms with Gasteiger partial charge in [0.15, 0.2) is 0 Å². The van der Waals surface area contributed by atoms with Crippen LogP contribution in [-0.2, 0) is 25.5 Å². The van der Waals surface area contributed by atoms with E-state index < -0.39 is 0 Å². The van der Waals surface area contributed by atoms with Crippen molar-refractivity contribution in [2.75, 3.05) is 6.61 Å². The zero-order valence-corrected chi connectivity index (χ0v) is 13.7. The monoisotopic (exact) mass is 369 g/mol. The zero-order valence-electron chi connectivity index (χ0n) is 12.1. The molecule has 2 amide bonds. The van der Waals surface area contributed by atoms with Crippen molar-refractivity contribution in [1.29, 1.82) is 0 Å². The Kier molecular flexibility index (Phi) is 7.45. The highest BCUT2D eigenvalue weighted by Gasteiger charge is 2.26. The van der Waals surface area contributed by atoms with Gasteiger partial charge in [-0.1, -0.05) is 18.2 Å². The van der Waals surface area contributed by atoms with Crippen LogP contribution in [-0.4, -0.2) is 34.6 Å². The Labute approximate surface area is 136 Å². The molecule has 22 heavy (non-hydrogen) atoms. The fourth-order valence-electron chi connectivity index (χ4n) is 1.70. The van der Waals surface area contributed by atoms with E-state index in [4.69, 9.17) is 4.74 Å². The largest absolute Gasteiger partial charge is 0.466 e. The molecular formula is C15H16BrNO5. The van der Waals surface area contributed by atoms with E-state index in [2.05, 4.69) is 16.1 Å². The highest BCUT2D eigenvalue weighted by atomic mass is 79.9. The van der Waals surface area contributed by atoms with E-state index in [9.17, 15) is 19.2 Å². The number of ether oxygens (including phenoxy) is 1. The van der Waals surface area contributed by atoms with Gasteiger partial charge in [0.2, 0.25) is 11.8 Å². The van der Waals surface area contributed by atoms with E-state index in [0.29, 0.717) is 25.0 Å². The number of carbonyl (C=O) groups excluding carboxylic acids is 4. The second-order valence-electron chi connectivity index (χ2n) is 4.41. The summed E-state index contributed by atoms with van der Waals surface area (Å²) < 4.78 is 5.77. The second kappa shape index (κ2) is 9.09. The van der Waals surface area contributed by atoms with Gasteiger partial charge in [0.1, 0.15) is 6.29 Å². The lowest BCUT2D eigenvalue weighted by Gasteiger charge is -2.01. The van der Waals surface area contributed by atoms with Crippen LogP contribution in [0.1, 0.15) is 35.7 Å². The molecule has 1 saturated heterocycles. The van der Waals surface area contributed by atoms with Crippen molar-refractivity contribution in [3.8, 4) is 0 Å². The standard InChI is InChI=1S/C11H12O3.C4H4BrNO2/c1-2-14-11(13)7-9-4-3-5-10(6-9)8-12;5-6-3(7)1-2-4(6)8/h3-6,8H,2,7H2,1H3;1-2H2. The molecule has 1 aromatic carbocycles. The fourth-order valence-corrected chi connectivity index (χ4v) is 2.06. The van der Waals surface area contributed by atoms with Crippen LogP contribution < -0.4 is 0 Å². The molecule has 0 spiro atoms. The van der Waals surface area contributed by atoms with E-state index in [1.54, 1.807) is 31.2 Å². The predicted octanol–water partition coefficient (Wildman–Crippen LogP) is 2.05. The molecular weight excluding hydrogens is 354 g/mol. The predicted molar refractivity (Wildman–Crippen MR) is 82.2 cm³/mol. The average Bonchev–Trinajstić information content (AvgIpc) is 2.79. The molecule has 1 aromatic rings. The topological polar surface area (TPSA) is 80.8 Å². The molecule has 0 aliphatic carbocycles. The Bertz CT molecular complexity index is 557. The first-order chi connectivity index (χ1) is 10.5. The van der Waals surface area contributed by atoms with Gasteiger partial charge in [0, 0.05) is 18.4 Å². The summed E-state index contributed by atoms with van der Waals surface area (Å²) in [5, 5.41) is 0. The highest BCUT2D eigenvalue weighted by molar-refractivity contribution is 9.08. The number of hydrogen-bond acceptors (Lipinski definition) is 5. The Morgan fingerprint density at radius 3 is 2.41 bits per heavy atom. The molecule has 0 atom stereocenters. The van der Waals surface area contributed by atoms with E-state index in [1.165, 1.54) is 0 Å². The summed E-state index contributed by atoms with van der Waals surface area (Å²) >= 11 is 2.80. The molecule has 6 nitrogen and oxygen atoms in total. The first-order valence-corrected chi connectivity index (χ1v) is 7.40. The van der Waals surface area contributed by atoms with Crippen molar-refractivity contribution in [3.63, 3.8) is 0 Å². The van der Waals surface area contributed by atoms with Gasteiger partial charge in [-0.15, -0.1) is 0 Å². The first kappa shape index (κ1) is 18.0. The van der Waals surface area contributed by atoms with Crippen molar-refractivity contribution in [3.05, 3.63) is 35.4 Å². The van der Waals surface area contributed by atoms with Crippen LogP contribution in [0.25, 0.3) is 0 Å².